The lowest BCUT2D eigenvalue weighted by Crippen LogP contribution is -2.32. The Morgan fingerprint density at radius 3 is 1.79 bits per heavy atom. The molecule has 0 bridgehead atoms. The van der Waals surface area contributed by atoms with Gasteiger partial charge in [0.2, 0.25) is 0 Å². The summed E-state index contributed by atoms with van der Waals surface area (Å²) in [5.41, 5.74) is 0. The van der Waals surface area contributed by atoms with Crippen LogP contribution in [-0.2, 0) is 14.2 Å². The molecular weight excluding hydrogens is 188 g/mol. The quantitative estimate of drug-likeness (QED) is 0.620. The Labute approximate surface area is 82.6 Å². The summed E-state index contributed by atoms with van der Waals surface area (Å²) in [4.78, 5) is 0. The summed E-state index contributed by atoms with van der Waals surface area (Å²) in [7, 11) is 0. The maximum absolute atomic E-state index is 9.05. The van der Waals surface area contributed by atoms with Gasteiger partial charge in [-0.3, -0.25) is 0 Å². The van der Waals surface area contributed by atoms with Crippen molar-refractivity contribution in [2.75, 3.05) is 13.2 Å². The molecule has 4 unspecified atom stereocenters. The van der Waals surface area contributed by atoms with Crippen LogP contribution >= 0.6 is 0 Å². The highest BCUT2D eigenvalue weighted by molar-refractivity contribution is 4.97. The lowest BCUT2D eigenvalue weighted by Gasteiger charge is -2.22. The predicted molar refractivity (Wildman–Crippen MR) is 46.7 cm³/mol. The van der Waals surface area contributed by atoms with Gasteiger partial charge >= 0.3 is 0 Å². The van der Waals surface area contributed by atoms with E-state index in [0.717, 1.165) is 0 Å². The van der Waals surface area contributed by atoms with Crippen molar-refractivity contribution in [1.82, 2.24) is 0 Å². The minimum Gasteiger partial charge on any atom is -0.394 e. The minimum atomic E-state index is -0.653. The predicted octanol–water partition coefficient (Wildman–Crippen LogP) is -0.742. The molecule has 2 heterocycles. The molecule has 0 radical (unpaired) electrons. The van der Waals surface area contributed by atoms with E-state index < -0.39 is 5.79 Å². The monoisotopic (exact) mass is 204 g/mol. The zero-order chi connectivity index (χ0) is 10.3. The molecule has 14 heavy (non-hydrogen) atoms. The molecule has 0 amide bonds. The van der Waals surface area contributed by atoms with Crippen LogP contribution in [0.3, 0.4) is 0 Å². The summed E-state index contributed by atoms with van der Waals surface area (Å²) in [6.07, 6.45) is -1.32. The molecule has 0 aliphatic carbocycles. The molecule has 0 aromatic heterocycles. The number of aliphatic hydroxyl groups excluding tert-OH is 2. The van der Waals surface area contributed by atoms with Crippen LogP contribution in [0.25, 0.3) is 0 Å². The molecule has 0 spiro atoms. The van der Waals surface area contributed by atoms with Gasteiger partial charge in [-0.05, 0) is 13.8 Å². The average molecular weight is 204 g/mol. The van der Waals surface area contributed by atoms with Gasteiger partial charge in [-0.1, -0.05) is 0 Å². The fourth-order valence-electron chi connectivity index (χ4n) is 2.07. The normalized spacial score (nSPS) is 45.4. The van der Waals surface area contributed by atoms with Crippen LogP contribution in [0.5, 0.6) is 0 Å². The van der Waals surface area contributed by atoms with Gasteiger partial charge in [-0.2, -0.15) is 0 Å². The molecule has 5 heteroatoms. The summed E-state index contributed by atoms with van der Waals surface area (Å²) >= 11 is 0. The fourth-order valence-corrected chi connectivity index (χ4v) is 2.07. The van der Waals surface area contributed by atoms with Gasteiger partial charge in [0.1, 0.15) is 24.4 Å². The van der Waals surface area contributed by atoms with Gasteiger partial charge in [0.25, 0.3) is 0 Å². The number of rotatable bonds is 2. The summed E-state index contributed by atoms with van der Waals surface area (Å²) < 4.78 is 16.6. The van der Waals surface area contributed by atoms with E-state index in [0.29, 0.717) is 0 Å². The van der Waals surface area contributed by atoms with E-state index in [9.17, 15) is 0 Å². The fraction of sp³-hybridized carbons (Fsp3) is 1.00. The van der Waals surface area contributed by atoms with E-state index in [1.807, 2.05) is 13.8 Å². The Bertz CT molecular complexity index is 197. The highest BCUT2D eigenvalue weighted by atomic mass is 16.8. The summed E-state index contributed by atoms with van der Waals surface area (Å²) in [6.45, 7) is 3.40. The van der Waals surface area contributed by atoms with Gasteiger partial charge < -0.3 is 24.4 Å². The van der Waals surface area contributed by atoms with Crippen LogP contribution in [0.1, 0.15) is 13.8 Å². The lowest BCUT2D eigenvalue weighted by molar-refractivity contribution is -0.193. The molecule has 4 atom stereocenters. The summed E-state index contributed by atoms with van der Waals surface area (Å²) in [5, 5.41) is 18.1. The number of aliphatic hydroxyl groups is 2. The van der Waals surface area contributed by atoms with E-state index in [1.165, 1.54) is 0 Å². The molecule has 0 aromatic rings. The molecule has 0 saturated carbocycles. The zero-order valence-electron chi connectivity index (χ0n) is 8.34. The SMILES string of the molecule is CC1(C)OC2C(CO)OC(CO)C2O1. The zero-order valence-corrected chi connectivity index (χ0v) is 8.34. The first kappa shape index (κ1) is 10.3. The van der Waals surface area contributed by atoms with Crippen LogP contribution in [0.2, 0.25) is 0 Å². The topological polar surface area (TPSA) is 68.2 Å². The van der Waals surface area contributed by atoms with Gasteiger partial charge in [-0.15, -0.1) is 0 Å². The first-order valence-corrected chi connectivity index (χ1v) is 4.80. The Morgan fingerprint density at radius 1 is 1.00 bits per heavy atom. The maximum Gasteiger partial charge on any atom is 0.164 e. The molecule has 2 aliphatic heterocycles. The largest absolute Gasteiger partial charge is 0.394 e. The number of hydrogen-bond acceptors (Lipinski definition) is 5. The highest BCUT2D eigenvalue weighted by Crippen LogP contribution is 2.38. The molecule has 2 N–H and O–H groups in total. The first-order chi connectivity index (χ1) is 6.57. The molecule has 82 valence electrons. The van der Waals surface area contributed by atoms with Crippen molar-refractivity contribution >= 4 is 0 Å². The molecule has 2 saturated heterocycles. The lowest BCUT2D eigenvalue weighted by atomic mass is 10.1. The van der Waals surface area contributed by atoms with E-state index >= 15 is 0 Å². The first-order valence-electron chi connectivity index (χ1n) is 4.80. The molecule has 5 nitrogen and oxygen atoms in total. The molecule has 2 rings (SSSR count). The van der Waals surface area contributed by atoms with Crippen molar-refractivity contribution in [3.63, 3.8) is 0 Å². The van der Waals surface area contributed by atoms with Crippen molar-refractivity contribution < 1.29 is 24.4 Å². The summed E-state index contributed by atoms with van der Waals surface area (Å²) in [6, 6.07) is 0. The van der Waals surface area contributed by atoms with E-state index in [2.05, 4.69) is 0 Å². The van der Waals surface area contributed by atoms with E-state index in [4.69, 9.17) is 24.4 Å². The van der Waals surface area contributed by atoms with Crippen LogP contribution in [0.4, 0.5) is 0 Å². The number of ether oxygens (including phenoxy) is 3. The summed E-state index contributed by atoms with van der Waals surface area (Å²) in [5.74, 6) is -0.653. The second-order valence-corrected chi connectivity index (χ2v) is 4.14. The van der Waals surface area contributed by atoms with Crippen molar-refractivity contribution in [2.45, 2.75) is 44.1 Å². The van der Waals surface area contributed by atoms with Gasteiger partial charge in [0.05, 0.1) is 13.2 Å². The van der Waals surface area contributed by atoms with Gasteiger partial charge in [-0.25, -0.2) is 0 Å². The molecule has 2 aliphatic rings. The average Bonchev–Trinajstić information content (AvgIpc) is 2.57. The van der Waals surface area contributed by atoms with Gasteiger partial charge in [0, 0.05) is 0 Å². The Balaban J connectivity index is 2.12. The second-order valence-electron chi connectivity index (χ2n) is 4.14. The third-order valence-electron chi connectivity index (χ3n) is 2.61. The van der Waals surface area contributed by atoms with E-state index in [-0.39, 0.29) is 37.6 Å². The Kier molecular flexibility index (Phi) is 2.53. The van der Waals surface area contributed by atoms with Crippen molar-refractivity contribution in [2.24, 2.45) is 0 Å². The van der Waals surface area contributed by atoms with Crippen LogP contribution < -0.4 is 0 Å². The Hall–Kier alpha value is -0.200. The molecular formula is C9H16O5. The van der Waals surface area contributed by atoms with E-state index in [1.54, 1.807) is 0 Å². The van der Waals surface area contributed by atoms with Crippen LogP contribution in [-0.4, -0.2) is 53.6 Å². The minimum absolute atomic E-state index is 0.114. The standard InChI is InChI=1S/C9H16O5/c1-9(2)13-7-5(3-10)12-6(4-11)8(7)14-9/h5-8,10-11H,3-4H2,1-2H3. The van der Waals surface area contributed by atoms with Crippen LogP contribution in [0, 0.1) is 0 Å². The van der Waals surface area contributed by atoms with Crippen molar-refractivity contribution in [3.05, 3.63) is 0 Å². The van der Waals surface area contributed by atoms with Gasteiger partial charge in [0.15, 0.2) is 5.79 Å². The van der Waals surface area contributed by atoms with Crippen molar-refractivity contribution in [1.29, 1.82) is 0 Å². The Morgan fingerprint density at radius 2 is 1.43 bits per heavy atom. The second kappa shape index (κ2) is 3.43. The highest BCUT2D eigenvalue weighted by Gasteiger charge is 2.54. The van der Waals surface area contributed by atoms with Crippen molar-refractivity contribution in [3.8, 4) is 0 Å². The van der Waals surface area contributed by atoms with Crippen LogP contribution in [0.15, 0.2) is 0 Å². The number of fused-ring (bicyclic) bond motifs is 1. The smallest absolute Gasteiger partial charge is 0.164 e. The number of hydrogen-bond donors (Lipinski definition) is 2. The third kappa shape index (κ3) is 1.55. The molecule has 2 fully saturated rings. The third-order valence-corrected chi connectivity index (χ3v) is 2.61. The molecule has 0 aromatic carbocycles. The maximum atomic E-state index is 9.05.